The minimum absolute atomic E-state index is 0.0545. The quantitative estimate of drug-likeness (QED) is 0.307. The molecule has 5 amide bonds. The topological polar surface area (TPSA) is 195 Å². The van der Waals surface area contributed by atoms with Crippen LogP contribution in [0.15, 0.2) is 36.4 Å². The van der Waals surface area contributed by atoms with Crippen molar-refractivity contribution < 1.29 is 43.7 Å². The molecule has 0 radical (unpaired) electrons. The van der Waals surface area contributed by atoms with Gasteiger partial charge in [0.2, 0.25) is 17.7 Å². The summed E-state index contributed by atoms with van der Waals surface area (Å²) >= 11 is 0. The van der Waals surface area contributed by atoms with Crippen molar-refractivity contribution in [1.82, 2.24) is 34.7 Å². The Morgan fingerprint density at radius 3 is 2.22 bits per heavy atom. The van der Waals surface area contributed by atoms with Crippen LogP contribution in [0.2, 0.25) is 0 Å². The van der Waals surface area contributed by atoms with Gasteiger partial charge in [-0.1, -0.05) is 18.2 Å². The Kier molecular flexibility index (Phi) is 10.0. The summed E-state index contributed by atoms with van der Waals surface area (Å²) in [4.78, 5) is 81.2. The number of carbonyl (C=O) groups excluding carboxylic acids is 4. The zero-order valence-corrected chi connectivity index (χ0v) is 25.2. The summed E-state index contributed by atoms with van der Waals surface area (Å²) < 4.78 is 7.22. The van der Waals surface area contributed by atoms with Crippen molar-refractivity contribution in [2.45, 2.75) is 44.2 Å². The third kappa shape index (κ3) is 7.38. The van der Waals surface area contributed by atoms with E-state index >= 15 is 0 Å². The fraction of sp³-hybridized carbons (Fsp3) is 0.500. The molecule has 0 unspecified atom stereocenters. The van der Waals surface area contributed by atoms with Crippen LogP contribution in [0.1, 0.15) is 42.6 Å². The smallest absolute Gasteiger partial charge is 0.407 e. The number of likely N-dealkylation sites (tertiary alicyclic amines) is 2. The molecule has 3 aliphatic heterocycles. The molecule has 2 aromatic rings. The molecule has 1 aromatic heterocycles. The van der Waals surface area contributed by atoms with Gasteiger partial charge in [0.1, 0.15) is 12.1 Å². The standard InChI is InChI=1S/C30H37N7O9/c38-24(36-13-4-8-23(36)29(43)33-11-5-12-33)19-46-25-18-22(32-37(25)20-6-2-1-3-7-20)27(41)31-21(9-10-26(39)40)28(42)34-14-16-35(17-15-34)30(44)45/h1-3,6-7,18,21,23H,4-5,8-17,19H2,(H,31,41)(H,39,40)(H,44,45)/t21-,23-/m0/s1. The van der Waals surface area contributed by atoms with Gasteiger partial charge >= 0.3 is 12.1 Å². The number of rotatable bonds is 11. The molecule has 0 bridgehead atoms. The number of hydrogen-bond acceptors (Lipinski definition) is 8. The van der Waals surface area contributed by atoms with Crippen LogP contribution < -0.4 is 10.1 Å². The fourth-order valence-electron chi connectivity index (χ4n) is 5.72. The molecule has 16 heteroatoms. The predicted octanol–water partition coefficient (Wildman–Crippen LogP) is 0.260. The summed E-state index contributed by atoms with van der Waals surface area (Å²) in [5.74, 6) is -2.79. The van der Waals surface area contributed by atoms with E-state index in [2.05, 4.69) is 10.4 Å². The number of amides is 5. The summed E-state index contributed by atoms with van der Waals surface area (Å²) in [5, 5.41) is 25.4. The Balaban J connectivity index is 1.30. The van der Waals surface area contributed by atoms with Crippen LogP contribution in [0.3, 0.4) is 0 Å². The fourth-order valence-corrected chi connectivity index (χ4v) is 5.72. The van der Waals surface area contributed by atoms with E-state index in [0.29, 0.717) is 38.2 Å². The second-order valence-corrected chi connectivity index (χ2v) is 11.4. The lowest BCUT2D eigenvalue weighted by Gasteiger charge is -2.35. The molecule has 5 rings (SSSR count). The average molecular weight is 640 g/mol. The third-order valence-corrected chi connectivity index (χ3v) is 8.39. The van der Waals surface area contributed by atoms with Crippen LogP contribution >= 0.6 is 0 Å². The van der Waals surface area contributed by atoms with Crippen LogP contribution in [0.4, 0.5) is 4.79 Å². The maximum atomic E-state index is 13.4. The molecule has 3 saturated heterocycles. The van der Waals surface area contributed by atoms with Crippen LogP contribution in [0.5, 0.6) is 5.88 Å². The number of aliphatic carboxylic acids is 1. The molecule has 2 atom stereocenters. The number of ether oxygens (including phenoxy) is 1. The van der Waals surface area contributed by atoms with Crippen LogP contribution in [0.25, 0.3) is 5.69 Å². The molecular weight excluding hydrogens is 602 g/mol. The SMILES string of the molecule is O=C(O)CC[C@H](NC(=O)c1cc(OCC(=O)N2CCC[C@H]2C(=O)N2CCC2)n(-c2ccccc2)n1)C(=O)N1CCN(C(=O)O)CC1. The number of hydrogen-bond donors (Lipinski definition) is 3. The van der Waals surface area contributed by atoms with Gasteiger partial charge in [-0.3, -0.25) is 24.0 Å². The van der Waals surface area contributed by atoms with Crippen molar-refractivity contribution in [3.05, 3.63) is 42.1 Å². The lowest BCUT2D eigenvalue weighted by atomic mass is 10.1. The second kappa shape index (κ2) is 14.3. The van der Waals surface area contributed by atoms with Crippen molar-refractivity contribution in [3.8, 4) is 11.6 Å². The molecule has 246 valence electrons. The van der Waals surface area contributed by atoms with E-state index in [9.17, 15) is 39.0 Å². The lowest BCUT2D eigenvalue weighted by molar-refractivity contribution is -0.147. The van der Waals surface area contributed by atoms with Gasteiger partial charge < -0.3 is 39.9 Å². The molecule has 3 fully saturated rings. The first-order valence-corrected chi connectivity index (χ1v) is 15.3. The lowest BCUT2D eigenvalue weighted by Crippen LogP contribution is -2.55. The van der Waals surface area contributed by atoms with Gasteiger partial charge in [0.25, 0.3) is 11.8 Å². The molecule has 46 heavy (non-hydrogen) atoms. The predicted molar refractivity (Wildman–Crippen MR) is 159 cm³/mol. The molecule has 0 saturated carbocycles. The minimum atomic E-state index is -1.20. The normalized spacial score (nSPS) is 18.5. The molecule has 1 aromatic carbocycles. The number of benzene rings is 1. The molecule has 3 N–H and O–H groups in total. The number of carboxylic acid groups (broad SMARTS) is 2. The third-order valence-electron chi connectivity index (χ3n) is 8.39. The van der Waals surface area contributed by atoms with Gasteiger partial charge in [-0.15, -0.1) is 0 Å². The van der Waals surface area contributed by atoms with Crippen molar-refractivity contribution in [3.63, 3.8) is 0 Å². The van der Waals surface area contributed by atoms with Gasteiger partial charge in [0, 0.05) is 58.3 Å². The zero-order chi connectivity index (χ0) is 32.8. The van der Waals surface area contributed by atoms with Crippen molar-refractivity contribution in [2.75, 3.05) is 52.4 Å². The molecule has 0 spiro atoms. The Bertz CT molecular complexity index is 1470. The number of nitrogens with zero attached hydrogens (tertiary/aromatic N) is 6. The van der Waals surface area contributed by atoms with E-state index in [1.165, 1.54) is 25.4 Å². The van der Waals surface area contributed by atoms with Crippen molar-refractivity contribution in [1.29, 1.82) is 0 Å². The molecular formula is C30H37N7O9. The van der Waals surface area contributed by atoms with Gasteiger partial charge in [-0.05, 0) is 37.8 Å². The molecule has 16 nitrogen and oxygen atoms in total. The highest BCUT2D eigenvalue weighted by molar-refractivity contribution is 5.96. The second-order valence-electron chi connectivity index (χ2n) is 11.4. The highest BCUT2D eigenvalue weighted by Gasteiger charge is 2.38. The highest BCUT2D eigenvalue weighted by atomic mass is 16.5. The summed E-state index contributed by atoms with van der Waals surface area (Å²) in [5.41, 5.74) is 0.396. The minimum Gasteiger partial charge on any atom is -0.481 e. The number of carbonyl (C=O) groups is 6. The van der Waals surface area contributed by atoms with Gasteiger partial charge in [0.15, 0.2) is 12.3 Å². The number of carboxylic acids is 1. The zero-order valence-electron chi connectivity index (χ0n) is 25.2. The van der Waals surface area contributed by atoms with Crippen LogP contribution in [-0.2, 0) is 19.2 Å². The Labute approximate surface area is 264 Å². The van der Waals surface area contributed by atoms with Crippen molar-refractivity contribution in [2.24, 2.45) is 0 Å². The monoisotopic (exact) mass is 639 g/mol. The van der Waals surface area contributed by atoms with Gasteiger partial charge in [-0.2, -0.15) is 5.10 Å². The largest absolute Gasteiger partial charge is 0.481 e. The number of para-hydroxylation sites is 1. The Morgan fingerprint density at radius 1 is 0.891 bits per heavy atom. The molecule has 4 heterocycles. The summed E-state index contributed by atoms with van der Waals surface area (Å²) in [6.45, 7) is 1.80. The van der Waals surface area contributed by atoms with Gasteiger partial charge in [0.05, 0.1) is 5.69 Å². The van der Waals surface area contributed by atoms with E-state index in [1.807, 2.05) is 0 Å². The maximum Gasteiger partial charge on any atom is 0.407 e. The molecule has 3 aliphatic rings. The van der Waals surface area contributed by atoms with E-state index in [0.717, 1.165) is 6.42 Å². The maximum absolute atomic E-state index is 13.4. The summed E-state index contributed by atoms with van der Waals surface area (Å²) in [6.07, 6.45) is 0.565. The Hall–Kier alpha value is -5.15. The molecule has 0 aliphatic carbocycles. The summed E-state index contributed by atoms with van der Waals surface area (Å²) in [7, 11) is 0. The van der Waals surface area contributed by atoms with Crippen LogP contribution in [0, 0.1) is 0 Å². The van der Waals surface area contributed by atoms with E-state index in [1.54, 1.807) is 35.2 Å². The number of piperazine rings is 1. The van der Waals surface area contributed by atoms with E-state index < -0.39 is 49.0 Å². The average Bonchev–Trinajstić information content (AvgIpc) is 3.69. The number of nitrogens with one attached hydrogen (secondary N) is 1. The van der Waals surface area contributed by atoms with Gasteiger partial charge in [-0.25, -0.2) is 9.48 Å². The first-order chi connectivity index (χ1) is 22.1. The van der Waals surface area contributed by atoms with E-state index in [-0.39, 0.29) is 56.0 Å². The first-order valence-electron chi connectivity index (χ1n) is 15.3. The van der Waals surface area contributed by atoms with E-state index in [4.69, 9.17) is 4.74 Å². The first kappa shape index (κ1) is 32.2. The summed E-state index contributed by atoms with van der Waals surface area (Å²) in [6, 6.07) is 8.35. The number of aromatic nitrogens is 2. The van der Waals surface area contributed by atoms with Crippen LogP contribution in [-0.4, -0.2) is 140 Å². The highest BCUT2D eigenvalue weighted by Crippen LogP contribution is 2.24. The van der Waals surface area contributed by atoms with Crippen molar-refractivity contribution >= 4 is 35.7 Å². The Morgan fingerprint density at radius 2 is 1.59 bits per heavy atom.